The molecule has 0 fully saturated rings. The zero-order valence-electron chi connectivity index (χ0n) is 14.2. The van der Waals surface area contributed by atoms with Gasteiger partial charge in [0, 0.05) is 37.1 Å². The van der Waals surface area contributed by atoms with Crippen LogP contribution in [0.5, 0.6) is 0 Å². The van der Waals surface area contributed by atoms with E-state index in [-0.39, 0.29) is 24.8 Å². The topological polar surface area (TPSA) is 40.6 Å². The molecular formula is C19H20Cl2N2O2. The smallest absolute Gasteiger partial charge is 0.228 e. The first-order valence-corrected chi connectivity index (χ1v) is 8.78. The Hall–Kier alpha value is -2.04. The van der Waals surface area contributed by atoms with E-state index in [0.29, 0.717) is 22.3 Å². The zero-order chi connectivity index (χ0) is 18.4. The molecule has 0 saturated heterocycles. The number of carbonyl (C=O) groups is 2. The predicted molar refractivity (Wildman–Crippen MR) is 104 cm³/mol. The molecule has 0 N–H and O–H groups in total. The van der Waals surface area contributed by atoms with Gasteiger partial charge in [0.15, 0.2) is 0 Å². The van der Waals surface area contributed by atoms with E-state index in [4.69, 9.17) is 23.2 Å². The molecule has 0 atom stereocenters. The van der Waals surface area contributed by atoms with Crippen molar-refractivity contribution in [2.75, 3.05) is 22.9 Å². The lowest BCUT2D eigenvalue weighted by Gasteiger charge is -2.25. The maximum atomic E-state index is 12.6. The molecule has 0 unspecified atom stereocenters. The number of carbonyl (C=O) groups excluding carboxylic acids is 2. The van der Waals surface area contributed by atoms with Crippen LogP contribution < -0.4 is 9.80 Å². The summed E-state index contributed by atoms with van der Waals surface area (Å²) in [5, 5.41) is 0.902. The van der Waals surface area contributed by atoms with E-state index in [1.807, 2.05) is 37.3 Å². The van der Waals surface area contributed by atoms with Crippen molar-refractivity contribution in [1.82, 2.24) is 0 Å². The Bertz CT molecular complexity index is 750. The average Bonchev–Trinajstić information content (AvgIpc) is 2.59. The van der Waals surface area contributed by atoms with Gasteiger partial charge in [0.25, 0.3) is 0 Å². The van der Waals surface area contributed by atoms with E-state index in [0.717, 1.165) is 5.69 Å². The van der Waals surface area contributed by atoms with Crippen LogP contribution >= 0.6 is 23.2 Å². The summed E-state index contributed by atoms with van der Waals surface area (Å²) in [7, 11) is 0. The molecule has 0 aliphatic rings. The van der Waals surface area contributed by atoms with Crippen LogP contribution in [-0.4, -0.2) is 24.9 Å². The molecule has 6 heteroatoms. The highest BCUT2D eigenvalue weighted by molar-refractivity contribution is 6.35. The number of anilines is 2. The summed E-state index contributed by atoms with van der Waals surface area (Å²) in [6, 6.07) is 14.4. The van der Waals surface area contributed by atoms with Crippen molar-refractivity contribution >= 4 is 46.4 Å². The van der Waals surface area contributed by atoms with Crippen molar-refractivity contribution < 1.29 is 9.59 Å². The highest BCUT2D eigenvalue weighted by Gasteiger charge is 2.19. The second kappa shape index (κ2) is 8.88. The summed E-state index contributed by atoms with van der Waals surface area (Å²) in [6.45, 7) is 4.15. The Morgan fingerprint density at radius 3 is 2.28 bits per heavy atom. The van der Waals surface area contributed by atoms with E-state index in [9.17, 15) is 9.59 Å². The number of halogens is 2. The molecule has 2 amide bonds. The first-order valence-electron chi connectivity index (χ1n) is 8.02. The average molecular weight is 379 g/mol. The van der Waals surface area contributed by atoms with Crippen LogP contribution in [0.3, 0.4) is 0 Å². The van der Waals surface area contributed by atoms with Gasteiger partial charge in [-0.1, -0.05) is 41.4 Å². The number of para-hydroxylation sites is 1. The molecule has 132 valence electrons. The fourth-order valence-electron chi connectivity index (χ4n) is 2.59. The Kier molecular flexibility index (Phi) is 6.85. The van der Waals surface area contributed by atoms with E-state index >= 15 is 0 Å². The molecule has 0 saturated carbocycles. The SMILES string of the molecule is CCN(C(=O)CCN(C(C)=O)c1cc(Cl)ccc1Cl)c1ccccc1. The predicted octanol–water partition coefficient (Wildman–Crippen LogP) is 4.79. The normalized spacial score (nSPS) is 10.4. The van der Waals surface area contributed by atoms with Crippen molar-refractivity contribution in [2.24, 2.45) is 0 Å². The van der Waals surface area contributed by atoms with Gasteiger partial charge in [-0.15, -0.1) is 0 Å². The maximum Gasteiger partial charge on any atom is 0.228 e. The van der Waals surface area contributed by atoms with E-state index in [1.165, 1.54) is 11.8 Å². The monoisotopic (exact) mass is 378 g/mol. The number of benzene rings is 2. The number of hydrogen-bond acceptors (Lipinski definition) is 2. The molecule has 0 aliphatic carbocycles. The third-order valence-corrected chi connectivity index (χ3v) is 4.37. The minimum absolute atomic E-state index is 0.0573. The highest BCUT2D eigenvalue weighted by atomic mass is 35.5. The largest absolute Gasteiger partial charge is 0.313 e. The second-order valence-electron chi connectivity index (χ2n) is 5.49. The minimum Gasteiger partial charge on any atom is -0.313 e. The van der Waals surface area contributed by atoms with Gasteiger partial charge in [-0.25, -0.2) is 0 Å². The van der Waals surface area contributed by atoms with E-state index in [1.54, 1.807) is 23.1 Å². The lowest BCUT2D eigenvalue weighted by atomic mass is 10.2. The highest BCUT2D eigenvalue weighted by Crippen LogP contribution is 2.29. The van der Waals surface area contributed by atoms with Crippen LogP contribution in [0.15, 0.2) is 48.5 Å². The number of rotatable bonds is 6. The molecule has 2 aromatic rings. The van der Waals surface area contributed by atoms with Gasteiger partial charge in [-0.2, -0.15) is 0 Å². The van der Waals surface area contributed by atoms with Gasteiger partial charge >= 0.3 is 0 Å². The Labute approximate surface area is 157 Å². The van der Waals surface area contributed by atoms with Gasteiger partial charge in [0.05, 0.1) is 10.7 Å². The summed E-state index contributed by atoms with van der Waals surface area (Å²) >= 11 is 12.2. The molecular weight excluding hydrogens is 359 g/mol. The van der Waals surface area contributed by atoms with Crippen molar-refractivity contribution in [2.45, 2.75) is 20.3 Å². The fraction of sp³-hybridized carbons (Fsp3) is 0.263. The molecule has 0 aromatic heterocycles. The standard InChI is InChI=1S/C19H20Cl2N2O2/c1-3-22(16-7-5-4-6-8-16)19(25)11-12-23(14(2)24)18-13-15(20)9-10-17(18)21/h4-10,13H,3,11-12H2,1-2H3. The quantitative estimate of drug-likeness (QED) is 0.724. The fourth-order valence-corrected chi connectivity index (χ4v) is 2.98. The molecule has 2 aromatic carbocycles. The second-order valence-corrected chi connectivity index (χ2v) is 6.33. The summed E-state index contributed by atoms with van der Waals surface area (Å²) in [6.07, 6.45) is 0.186. The molecule has 0 aliphatic heterocycles. The molecule has 0 radical (unpaired) electrons. The number of amides is 2. The van der Waals surface area contributed by atoms with E-state index < -0.39 is 0 Å². The Morgan fingerprint density at radius 2 is 1.68 bits per heavy atom. The lowest BCUT2D eigenvalue weighted by Crippen LogP contribution is -2.36. The van der Waals surface area contributed by atoms with Crippen LogP contribution in [0.4, 0.5) is 11.4 Å². The third kappa shape index (κ3) is 4.97. The van der Waals surface area contributed by atoms with Crippen molar-refractivity contribution in [3.05, 3.63) is 58.6 Å². The molecule has 0 spiro atoms. The molecule has 2 rings (SSSR count). The lowest BCUT2D eigenvalue weighted by molar-refractivity contribution is -0.118. The van der Waals surface area contributed by atoms with Crippen molar-refractivity contribution in [1.29, 1.82) is 0 Å². The van der Waals surface area contributed by atoms with Gasteiger partial charge in [0.2, 0.25) is 11.8 Å². The van der Waals surface area contributed by atoms with Crippen molar-refractivity contribution in [3.63, 3.8) is 0 Å². The summed E-state index contributed by atoms with van der Waals surface area (Å²) < 4.78 is 0. The molecule has 0 heterocycles. The molecule has 4 nitrogen and oxygen atoms in total. The molecule has 0 bridgehead atoms. The first kappa shape index (κ1) is 19.3. The van der Waals surface area contributed by atoms with Gasteiger partial charge in [-0.3, -0.25) is 9.59 Å². The Morgan fingerprint density at radius 1 is 1.00 bits per heavy atom. The Balaban J connectivity index is 2.14. The summed E-state index contributed by atoms with van der Waals surface area (Å²) in [5.74, 6) is -0.252. The third-order valence-electron chi connectivity index (χ3n) is 3.81. The van der Waals surface area contributed by atoms with Gasteiger partial charge in [0.1, 0.15) is 0 Å². The maximum absolute atomic E-state index is 12.6. The zero-order valence-corrected chi connectivity index (χ0v) is 15.7. The van der Waals surface area contributed by atoms with Gasteiger partial charge < -0.3 is 9.80 Å². The van der Waals surface area contributed by atoms with Crippen LogP contribution in [-0.2, 0) is 9.59 Å². The van der Waals surface area contributed by atoms with Crippen LogP contribution in [0.1, 0.15) is 20.3 Å². The van der Waals surface area contributed by atoms with Gasteiger partial charge in [-0.05, 0) is 37.3 Å². The number of hydrogen-bond donors (Lipinski definition) is 0. The number of nitrogens with zero attached hydrogens (tertiary/aromatic N) is 2. The van der Waals surface area contributed by atoms with Crippen LogP contribution in [0, 0.1) is 0 Å². The van der Waals surface area contributed by atoms with E-state index in [2.05, 4.69) is 0 Å². The van der Waals surface area contributed by atoms with Crippen LogP contribution in [0.25, 0.3) is 0 Å². The van der Waals surface area contributed by atoms with Crippen LogP contribution in [0.2, 0.25) is 10.0 Å². The minimum atomic E-state index is -0.195. The summed E-state index contributed by atoms with van der Waals surface area (Å²) in [4.78, 5) is 27.8. The summed E-state index contributed by atoms with van der Waals surface area (Å²) in [5.41, 5.74) is 1.35. The molecule has 25 heavy (non-hydrogen) atoms. The van der Waals surface area contributed by atoms with Crippen molar-refractivity contribution in [3.8, 4) is 0 Å². The first-order chi connectivity index (χ1) is 11.9.